The standard InChI is InChI=1S/C17H17FSi/c1-19(2,3)17-6-4-5-15(13-17)8-7-14-9-11-16(18)12-10-14/h4-6,9-13H,1-3H3. The van der Waals surface area contributed by atoms with Crippen molar-refractivity contribution in [3.8, 4) is 11.8 Å². The number of hydrogen-bond donors (Lipinski definition) is 0. The fourth-order valence-electron chi connectivity index (χ4n) is 1.74. The predicted octanol–water partition coefficient (Wildman–Crippen LogP) is 3.77. The highest BCUT2D eigenvalue weighted by atomic mass is 28.3. The maximum Gasteiger partial charge on any atom is 0.123 e. The van der Waals surface area contributed by atoms with Crippen molar-refractivity contribution in [1.29, 1.82) is 0 Å². The van der Waals surface area contributed by atoms with Crippen LogP contribution < -0.4 is 5.19 Å². The Morgan fingerprint density at radius 2 is 1.47 bits per heavy atom. The average Bonchev–Trinajstić information content (AvgIpc) is 2.37. The Kier molecular flexibility index (Phi) is 3.87. The Morgan fingerprint density at radius 1 is 0.842 bits per heavy atom. The lowest BCUT2D eigenvalue weighted by Crippen LogP contribution is -2.37. The molecule has 96 valence electrons. The first kappa shape index (κ1) is 13.6. The van der Waals surface area contributed by atoms with Crippen LogP contribution in [0.1, 0.15) is 11.1 Å². The fraction of sp³-hybridized carbons (Fsp3) is 0.176. The number of hydrogen-bond acceptors (Lipinski definition) is 0. The molecule has 0 unspecified atom stereocenters. The van der Waals surface area contributed by atoms with Gasteiger partial charge in [-0.25, -0.2) is 4.39 Å². The number of halogens is 1. The van der Waals surface area contributed by atoms with Gasteiger partial charge in [-0.15, -0.1) is 0 Å². The summed E-state index contributed by atoms with van der Waals surface area (Å²) < 4.78 is 12.8. The number of rotatable bonds is 1. The van der Waals surface area contributed by atoms with E-state index in [1.54, 1.807) is 12.1 Å². The van der Waals surface area contributed by atoms with Crippen LogP contribution in [-0.4, -0.2) is 8.07 Å². The zero-order valence-electron chi connectivity index (χ0n) is 11.5. The lowest BCUT2D eigenvalue weighted by atomic mass is 10.2. The Morgan fingerprint density at radius 3 is 2.11 bits per heavy atom. The van der Waals surface area contributed by atoms with Crippen molar-refractivity contribution in [3.05, 3.63) is 65.5 Å². The van der Waals surface area contributed by atoms with Gasteiger partial charge in [0.2, 0.25) is 0 Å². The maximum atomic E-state index is 12.8. The van der Waals surface area contributed by atoms with Crippen LogP contribution in [0.15, 0.2) is 48.5 Å². The van der Waals surface area contributed by atoms with E-state index in [9.17, 15) is 4.39 Å². The second-order valence-electron chi connectivity index (χ2n) is 5.59. The minimum Gasteiger partial charge on any atom is -0.207 e. The van der Waals surface area contributed by atoms with Crippen molar-refractivity contribution in [2.24, 2.45) is 0 Å². The van der Waals surface area contributed by atoms with Gasteiger partial charge >= 0.3 is 0 Å². The molecule has 0 heterocycles. The largest absolute Gasteiger partial charge is 0.207 e. The third kappa shape index (κ3) is 3.80. The Bertz CT molecular complexity index is 625. The van der Waals surface area contributed by atoms with Crippen molar-refractivity contribution in [2.75, 3.05) is 0 Å². The molecular weight excluding hydrogens is 251 g/mol. The number of benzene rings is 2. The summed E-state index contributed by atoms with van der Waals surface area (Å²) in [6.07, 6.45) is 0. The fourth-order valence-corrected chi connectivity index (χ4v) is 2.93. The first-order valence-electron chi connectivity index (χ1n) is 6.33. The first-order chi connectivity index (χ1) is 8.95. The minimum absolute atomic E-state index is 0.230. The molecule has 2 heteroatoms. The molecular formula is C17H17FSi. The topological polar surface area (TPSA) is 0 Å². The summed E-state index contributed by atoms with van der Waals surface area (Å²) in [7, 11) is -1.30. The zero-order chi connectivity index (χ0) is 13.9. The van der Waals surface area contributed by atoms with Gasteiger partial charge in [0, 0.05) is 11.1 Å². The molecule has 19 heavy (non-hydrogen) atoms. The molecule has 0 saturated heterocycles. The smallest absolute Gasteiger partial charge is 0.123 e. The second-order valence-corrected chi connectivity index (χ2v) is 10.7. The van der Waals surface area contributed by atoms with E-state index in [2.05, 4.69) is 49.7 Å². The normalized spacial score (nSPS) is 10.7. The van der Waals surface area contributed by atoms with Crippen molar-refractivity contribution >= 4 is 13.3 Å². The van der Waals surface area contributed by atoms with Gasteiger partial charge in [0.25, 0.3) is 0 Å². The van der Waals surface area contributed by atoms with Gasteiger partial charge in [-0.1, -0.05) is 48.8 Å². The summed E-state index contributed by atoms with van der Waals surface area (Å²) >= 11 is 0. The molecule has 0 radical (unpaired) electrons. The molecule has 2 rings (SSSR count). The summed E-state index contributed by atoms with van der Waals surface area (Å²) in [4.78, 5) is 0. The van der Waals surface area contributed by atoms with E-state index in [1.165, 1.54) is 17.3 Å². The van der Waals surface area contributed by atoms with Gasteiger partial charge in [-0.3, -0.25) is 0 Å². The van der Waals surface area contributed by atoms with Crippen LogP contribution in [0.4, 0.5) is 4.39 Å². The van der Waals surface area contributed by atoms with Crippen LogP contribution in [0.5, 0.6) is 0 Å². The van der Waals surface area contributed by atoms with E-state index in [1.807, 2.05) is 6.07 Å². The predicted molar refractivity (Wildman–Crippen MR) is 81.8 cm³/mol. The van der Waals surface area contributed by atoms with Gasteiger partial charge in [-0.05, 0) is 36.4 Å². The van der Waals surface area contributed by atoms with Crippen LogP contribution in [-0.2, 0) is 0 Å². The van der Waals surface area contributed by atoms with Crippen LogP contribution in [0.3, 0.4) is 0 Å². The second kappa shape index (κ2) is 5.42. The lowest BCUT2D eigenvalue weighted by Gasteiger charge is -2.16. The van der Waals surface area contributed by atoms with Crippen molar-refractivity contribution in [1.82, 2.24) is 0 Å². The summed E-state index contributed by atoms with van der Waals surface area (Å²) in [6.45, 7) is 6.96. The highest BCUT2D eigenvalue weighted by molar-refractivity contribution is 6.88. The molecule has 0 aliphatic carbocycles. The van der Waals surface area contributed by atoms with E-state index in [4.69, 9.17) is 0 Å². The quantitative estimate of drug-likeness (QED) is 0.545. The van der Waals surface area contributed by atoms with Crippen LogP contribution >= 0.6 is 0 Å². The molecule has 0 spiro atoms. The molecule has 0 N–H and O–H groups in total. The van der Waals surface area contributed by atoms with Crippen molar-refractivity contribution in [2.45, 2.75) is 19.6 Å². The van der Waals surface area contributed by atoms with Gasteiger partial charge in [0.05, 0.1) is 8.07 Å². The van der Waals surface area contributed by atoms with Crippen LogP contribution in [0.2, 0.25) is 19.6 Å². The highest BCUT2D eigenvalue weighted by Gasteiger charge is 2.15. The molecule has 0 saturated carbocycles. The van der Waals surface area contributed by atoms with Gasteiger partial charge in [0.15, 0.2) is 0 Å². The molecule has 0 aliphatic rings. The van der Waals surface area contributed by atoms with E-state index in [-0.39, 0.29) is 5.82 Å². The van der Waals surface area contributed by atoms with Gasteiger partial charge in [0.1, 0.15) is 5.82 Å². The first-order valence-corrected chi connectivity index (χ1v) is 9.83. The Balaban J connectivity index is 2.27. The van der Waals surface area contributed by atoms with Gasteiger partial charge in [-0.2, -0.15) is 0 Å². The van der Waals surface area contributed by atoms with E-state index >= 15 is 0 Å². The molecule has 2 aromatic rings. The molecule has 0 atom stereocenters. The monoisotopic (exact) mass is 268 g/mol. The summed E-state index contributed by atoms with van der Waals surface area (Å²) in [5.74, 6) is 5.98. The van der Waals surface area contributed by atoms with Gasteiger partial charge < -0.3 is 0 Å². The molecule has 0 bridgehead atoms. The maximum absolute atomic E-state index is 12.8. The van der Waals surface area contributed by atoms with Crippen molar-refractivity contribution < 1.29 is 4.39 Å². The molecule has 0 fully saturated rings. The molecule has 0 aromatic heterocycles. The molecule has 2 aromatic carbocycles. The third-order valence-corrected chi connectivity index (χ3v) is 4.97. The van der Waals surface area contributed by atoms with E-state index in [0.29, 0.717) is 0 Å². The molecule has 0 aliphatic heterocycles. The summed E-state index contributed by atoms with van der Waals surface area (Å²) in [5.41, 5.74) is 1.85. The Hall–Kier alpha value is -1.85. The summed E-state index contributed by atoms with van der Waals surface area (Å²) in [5, 5.41) is 1.40. The van der Waals surface area contributed by atoms with Crippen LogP contribution in [0.25, 0.3) is 0 Å². The third-order valence-electron chi connectivity index (χ3n) is 2.92. The van der Waals surface area contributed by atoms with E-state index in [0.717, 1.165) is 11.1 Å². The van der Waals surface area contributed by atoms with Crippen LogP contribution in [0, 0.1) is 17.7 Å². The minimum atomic E-state index is -1.30. The molecule has 0 amide bonds. The highest BCUT2D eigenvalue weighted by Crippen LogP contribution is 2.05. The summed E-state index contributed by atoms with van der Waals surface area (Å²) in [6, 6.07) is 14.7. The van der Waals surface area contributed by atoms with E-state index < -0.39 is 8.07 Å². The zero-order valence-corrected chi connectivity index (χ0v) is 12.5. The van der Waals surface area contributed by atoms with Crippen molar-refractivity contribution in [3.63, 3.8) is 0 Å². The molecule has 0 nitrogen and oxygen atoms in total. The SMILES string of the molecule is C[Si](C)(C)c1cccc(C#Cc2ccc(F)cc2)c1. The average molecular weight is 268 g/mol. The Labute approximate surface area is 115 Å². The lowest BCUT2D eigenvalue weighted by molar-refractivity contribution is 0.627.